The van der Waals surface area contributed by atoms with E-state index in [2.05, 4.69) is 9.88 Å². The van der Waals surface area contributed by atoms with E-state index in [1.807, 2.05) is 24.6 Å². The topological polar surface area (TPSA) is 97.8 Å². The van der Waals surface area contributed by atoms with Gasteiger partial charge in [-0.1, -0.05) is 11.6 Å². The van der Waals surface area contributed by atoms with Gasteiger partial charge in [-0.25, -0.2) is 26.9 Å². The van der Waals surface area contributed by atoms with Crippen LogP contribution in [0.5, 0.6) is 11.6 Å². The Balaban J connectivity index is 1.19. The number of hydrogen-bond donors (Lipinski definition) is 1. The maximum atomic E-state index is 15.7. The molecule has 3 fully saturated rings. The molecule has 0 spiro atoms. The number of ether oxygens (including phenoxy) is 2. The maximum absolute atomic E-state index is 15.7. The van der Waals surface area contributed by atoms with E-state index >= 15 is 4.39 Å². The normalized spacial score (nSPS) is 19.4. The van der Waals surface area contributed by atoms with Crippen molar-refractivity contribution in [2.24, 2.45) is 0 Å². The third-order valence-corrected chi connectivity index (χ3v) is 9.51. The van der Waals surface area contributed by atoms with Gasteiger partial charge in [0.2, 0.25) is 15.9 Å². The van der Waals surface area contributed by atoms with Crippen LogP contribution in [0.3, 0.4) is 0 Å². The van der Waals surface area contributed by atoms with Crippen molar-refractivity contribution in [3.8, 4) is 11.6 Å². The highest BCUT2D eigenvalue weighted by atomic mass is 35.5. The molecule has 8 nitrogen and oxygen atoms in total. The average molecular weight is 598 g/mol. The number of rotatable bonds is 11. The van der Waals surface area contributed by atoms with E-state index in [4.69, 9.17) is 21.1 Å². The van der Waals surface area contributed by atoms with Crippen molar-refractivity contribution in [1.82, 2.24) is 14.6 Å². The number of carbonyl (C=O) groups excluding carboxylic acids is 1. The number of likely N-dealkylation sites (tertiary alicyclic amines) is 1. The molecule has 0 atom stereocenters. The number of alkyl halides is 1. The molecule has 218 valence electrons. The molecule has 1 aromatic heterocycles. The second kappa shape index (κ2) is 11.4. The monoisotopic (exact) mass is 597 g/mol. The number of aromatic nitrogens is 1. The predicted molar refractivity (Wildman–Crippen MR) is 147 cm³/mol. The quantitative estimate of drug-likeness (QED) is 0.383. The van der Waals surface area contributed by atoms with E-state index in [0.29, 0.717) is 48.9 Å². The van der Waals surface area contributed by atoms with Crippen molar-refractivity contribution in [2.75, 3.05) is 19.7 Å². The van der Waals surface area contributed by atoms with Gasteiger partial charge >= 0.3 is 0 Å². The second-order valence-corrected chi connectivity index (χ2v) is 13.7. The summed E-state index contributed by atoms with van der Waals surface area (Å²) in [4.78, 5) is 19.0. The zero-order valence-corrected chi connectivity index (χ0v) is 24.2. The lowest BCUT2D eigenvalue weighted by molar-refractivity contribution is 0.0148. The van der Waals surface area contributed by atoms with Crippen LogP contribution in [-0.2, 0) is 16.6 Å². The zero-order chi connectivity index (χ0) is 28.7. The van der Waals surface area contributed by atoms with Crippen molar-refractivity contribution in [3.05, 3.63) is 51.9 Å². The Hall–Kier alpha value is -2.50. The van der Waals surface area contributed by atoms with Crippen LogP contribution in [0, 0.1) is 5.82 Å². The largest absolute Gasteiger partial charge is 0.490 e. The first kappa shape index (κ1) is 29.0. The van der Waals surface area contributed by atoms with Crippen molar-refractivity contribution in [2.45, 2.75) is 81.9 Å². The highest BCUT2D eigenvalue weighted by Crippen LogP contribution is 2.45. The maximum Gasteiger partial charge on any atom is 0.267 e. The van der Waals surface area contributed by atoms with E-state index in [-0.39, 0.29) is 42.8 Å². The molecule has 2 heterocycles. The Morgan fingerprint density at radius 1 is 1.20 bits per heavy atom. The van der Waals surface area contributed by atoms with E-state index in [1.54, 1.807) is 6.20 Å². The number of benzene rings is 1. The van der Waals surface area contributed by atoms with Gasteiger partial charge < -0.3 is 9.47 Å². The second-order valence-electron chi connectivity index (χ2n) is 11.3. The van der Waals surface area contributed by atoms with Crippen molar-refractivity contribution in [3.63, 3.8) is 0 Å². The van der Waals surface area contributed by atoms with Crippen LogP contribution in [-0.4, -0.2) is 60.9 Å². The number of amides is 1. The summed E-state index contributed by atoms with van der Waals surface area (Å²) in [6, 6.07) is 4.24. The van der Waals surface area contributed by atoms with Crippen LogP contribution >= 0.6 is 11.6 Å². The Kier molecular flexibility index (Phi) is 8.27. The van der Waals surface area contributed by atoms with Crippen molar-refractivity contribution < 1.29 is 31.5 Å². The van der Waals surface area contributed by atoms with Crippen LogP contribution in [0.15, 0.2) is 24.4 Å². The number of sulfonamides is 1. The summed E-state index contributed by atoms with van der Waals surface area (Å²) < 4.78 is 68.3. The Bertz CT molecular complexity index is 1370. The van der Waals surface area contributed by atoms with E-state index < -0.39 is 32.7 Å². The molecule has 0 unspecified atom stereocenters. The molecule has 1 aromatic carbocycles. The van der Waals surface area contributed by atoms with Crippen molar-refractivity contribution in [1.29, 1.82) is 0 Å². The summed E-state index contributed by atoms with van der Waals surface area (Å²) in [5.41, 5.74) is -0.430. The fraction of sp³-hybridized carbons (Fsp3) is 0.571. The first-order valence-electron chi connectivity index (χ1n) is 13.7. The molecular formula is C28H34ClF2N3O5S. The minimum absolute atomic E-state index is 0.0390. The smallest absolute Gasteiger partial charge is 0.267 e. The molecule has 40 heavy (non-hydrogen) atoms. The minimum Gasteiger partial charge on any atom is -0.490 e. The number of piperidine rings is 1. The molecule has 2 aromatic rings. The lowest BCUT2D eigenvalue weighted by Gasteiger charge is -2.36. The highest BCUT2D eigenvalue weighted by molar-refractivity contribution is 7.91. The molecule has 2 aliphatic carbocycles. The number of carbonyl (C=O) groups is 1. The predicted octanol–water partition coefficient (Wildman–Crippen LogP) is 5.14. The molecule has 3 aliphatic rings. The third-order valence-electron chi connectivity index (χ3n) is 7.42. The van der Waals surface area contributed by atoms with E-state index in [9.17, 15) is 17.6 Å². The highest BCUT2D eigenvalue weighted by Gasteiger charge is 2.39. The fourth-order valence-corrected chi connectivity index (χ4v) is 6.34. The Morgan fingerprint density at radius 2 is 1.90 bits per heavy atom. The fourth-order valence-electron chi connectivity index (χ4n) is 4.81. The van der Waals surface area contributed by atoms with Crippen molar-refractivity contribution >= 4 is 27.5 Å². The summed E-state index contributed by atoms with van der Waals surface area (Å²) >= 11 is 6.30. The van der Waals surface area contributed by atoms with Gasteiger partial charge in [-0.3, -0.25) is 9.69 Å². The molecule has 1 saturated heterocycles. The molecule has 0 bridgehead atoms. The number of halogens is 3. The summed E-state index contributed by atoms with van der Waals surface area (Å²) in [5.74, 6) is -1.24. The summed E-state index contributed by atoms with van der Waals surface area (Å²) in [5, 5.41) is -0.167. The van der Waals surface area contributed by atoms with Gasteiger partial charge in [0.15, 0.2) is 0 Å². The molecule has 0 radical (unpaired) electrons. The average Bonchev–Trinajstić information content (AvgIpc) is 3.78. The summed E-state index contributed by atoms with van der Waals surface area (Å²) in [6.07, 6.45) is 4.80. The summed E-state index contributed by atoms with van der Waals surface area (Å²) in [7, 11) is -3.81. The summed E-state index contributed by atoms with van der Waals surface area (Å²) in [6.45, 7) is 5.13. The van der Waals surface area contributed by atoms with Gasteiger partial charge in [0.05, 0.1) is 16.9 Å². The number of nitrogens with zero attached hydrogens (tertiary/aromatic N) is 2. The van der Waals surface area contributed by atoms with Gasteiger partial charge in [-0.2, -0.15) is 0 Å². The first-order chi connectivity index (χ1) is 18.9. The van der Waals surface area contributed by atoms with E-state index in [1.165, 1.54) is 6.07 Å². The van der Waals surface area contributed by atoms with E-state index in [0.717, 1.165) is 24.5 Å². The number of nitrogens with one attached hydrogen (secondary N) is 1. The van der Waals surface area contributed by atoms with Crippen LogP contribution in [0.1, 0.15) is 79.8 Å². The molecule has 12 heteroatoms. The van der Waals surface area contributed by atoms with Crippen LogP contribution < -0.4 is 14.2 Å². The van der Waals surface area contributed by atoms with Gasteiger partial charge in [0.25, 0.3) is 5.91 Å². The van der Waals surface area contributed by atoms with Gasteiger partial charge in [-0.05, 0) is 81.5 Å². The van der Waals surface area contributed by atoms with Gasteiger partial charge in [-0.15, -0.1) is 0 Å². The Labute approximate surface area is 238 Å². The molecule has 2 saturated carbocycles. The SMILES string of the molecule is CC(C)Oc1ncc(CN2CCC(F)(COc3cc(F)c(C(=O)NS(=O)(=O)C4CC4)cc3C3CC3)CC2)cc1Cl. The lowest BCUT2D eigenvalue weighted by atomic mass is 9.94. The molecule has 1 N–H and O–H groups in total. The standard InChI is InChI=1S/C28H34ClF2N3O5S/c1-17(2)39-27-23(29)11-18(14-32-27)15-34-9-7-28(31,8-10-34)16-38-25-13-24(30)22(12-21(25)19-3-4-19)26(35)33-40(36,37)20-5-6-20/h11-14,17,19-20H,3-10,15-16H2,1-2H3,(H,33,35). The zero-order valence-electron chi connectivity index (χ0n) is 22.6. The molecule has 1 aliphatic heterocycles. The lowest BCUT2D eigenvalue weighted by Crippen LogP contribution is -2.44. The van der Waals surface area contributed by atoms with Crippen LogP contribution in [0.4, 0.5) is 8.78 Å². The first-order valence-corrected chi connectivity index (χ1v) is 15.6. The minimum atomic E-state index is -3.81. The van der Waals surface area contributed by atoms with Crippen LogP contribution in [0.25, 0.3) is 0 Å². The Morgan fingerprint density at radius 3 is 2.50 bits per heavy atom. The molecular weight excluding hydrogens is 564 g/mol. The van der Waals surface area contributed by atoms with Crippen LogP contribution in [0.2, 0.25) is 5.02 Å². The number of hydrogen-bond acceptors (Lipinski definition) is 7. The molecule has 1 amide bonds. The third kappa shape index (κ3) is 7.03. The van der Waals surface area contributed by atoms with Gasteiger partial charge in [0, 0.05) is 31.9 Å². The number of pyridine rings is 1. The van der Waals surface area contributed by atoms with Gasteiger partial charge in [0.1, 0.15) is 28.9 Å². The molecule has 5 rings (SSSR count).